The molecule has 6 nitrogen and oxygen atoms in total. The maximum absolute atomic E-state index is 12.4. The molecule has 0 heterocycles. The van der Waals surface area contributed by atoms with Crippen LogP contribution < -0.4 is 5.32 Å². The van der Waals surface area contributed by atoms with Gasteiger partial charge in [0.15, 0.2) is 0 Å². The molecule has 0 bridgehead atoms. The first-order valence-electron chi connectivity index (χ1n) is 37.3. The number of ether oxygens (including phenoxy) is 1. The molecular weight excluding hydrogens is 1010 g/mol. The summed E-state index contributed by atoms with van der Waals surface area (Å²) in [7, 11) is 0. The molecule has 0 aliphatic carbocycles. The fourth-order valence-electron chi connectivity index (χ4n) is 11.7. The number of allylic oxidation sites excluding steroid dienone is 5. The van der Waals surface area contributed by atoms with Crippen LogP contribution in [0.4, 0.5) is 0 Å². The Hall–Kier alpha value is -1.92. The first-order valence-corrected chi connectivity index (χ1v) is 37.3. The molecule has 484 valence electrons. The quantitative estimate of drug-likeness (QED) is 0.0320. The van der Waals surface area contributed by atoms with Crippen molar-refractivity contribution < 1.29 is 24.5 Å². The van der Waals surface area contributed by atoms with Crippen LogP contribution in [0.3, 0.4) is 0 Å². The van der Waals surface area contributed by atoms with Gasteiger partial charge in [0.1, 0.15) is 0 Å². The van der Waals surface area contributed by atoms with Gasteiger partial charge in [0, 0.05) is 12.8 Å². The first-order chi connectivity index (χ1) is 40.5. The van der Waals surface area contributed by atoms with Crippen molar-refractivity contribution in [1.82, 2.24) is 5.32 Å². The largest absolute Gasteiger partial charge is 0.466 e. The van der Waals surface area contributed by atoms with Gasteiger partial charge in [-0.1, -0.05) is 371 Å². The second-order valence-electron chi connectivity index (χ2n) is 25.6. The summed E-state index contributed by atoms with van der Waals surface area (Å²) >= 11 is 0. The number of carbonyl (C=O) groups is 2. The molecule has 0 rings (SSSR count). The van der Waals surface area contributed by atoms with Crippen molar-refractivity contribution in [3.05, 3.63) is 36.5 Å². The molecule has 0 saturated heterocycles. The van der Waals surface area contributed by atoms with E-state index in [1.165, 1.54) is 340 Å². The Morgan fingerprint density at radius 1 is 0.341 bits per heavy atom. The van der Waals surface area contributed by atoms with E-state index in [0.717, 1.165) is 44.9 Å². The van der Waals surface area contributed by atoms with Crippen LogP contribution in [0.25, 0.3) is 0 Å². The van der Waals surface area contributed by atoms with Crippen molar-refractivity contribution >= 4 is 11.9 Å². The van der Waals surface area contributed by atoms with Crippen LogP contribution in [0, 0.1) is 0 Å². The molecule has 0 aromatic heterocycles. The third-order valence-electron chi connectivity index (χ3n) is 17.4. The van der Waals surface area contributed by atoms with Crippen LogP contribution in [0.15, 0.2) is 36.5 Å². The summed E-state index contributed by atoms with van der Waals surface area (Å²) < 4.78 is 5.52. The van der Waals surface area contributed by atoms with Crippen molar-refractivity contribution in [3.63, 3.8) is 0 Å². The van der Waals surface area contributed by atoms with Crippen LogP contribution in [-0.4, -0.2) is 47.4 Å². The van der Waals surface area contributed by atoms with Crippen molar-refractivity contribution in [2.24, 2.45) is 0 Å². The lowest BCUT2D eigenvalue weighted by atomic mass is 10.0. The molecule has 1 amide bonds. The number of aliphatic hydroxyl groups is 2. The third kappa shape index (κ3) is 67.2. The Kier molecular flexibility index (Phi) is 69.9. The molecule has 3 N–H and O–H groups in total. The number of hydrogen-bond donors (Lipinski definition) is 3. The summed E-state index contributed by atoms with van der Waals surface area (Å²) in [6, 6.07) is -0.624. The molecule has 2 atom stereocenters. The Morgan fingerprint density at radius 2 is 0.610 bits per heavy atom. The number of aliphatic hydroxyl groups excluding tert-OH is 2. The summed E-state index contributed by atoms with van der Waals surface area (Å²) in [6.07, 6.45) is 92.7. The number of carbonyl (C=O) groups excluding carboxylic acids is 2. The van der Waals surface area contributed by atoms with Gasteiger partial charge in [0.25, 0.3) is 0 Å². The Bertz CT molecular complexity index is 1330. The predicted molar refractivity (Wildman–Crippen MR) is 361 cm³/mol. The van der Waals surface area contributed by atoms with Gasteiger partial charge >= 0.3 is 5.97 Å². The van der Waals surface area contributed by atoms with Gasteiger partial charge in [0.2, 0.25) is 5.91 Å². The zero-order valence-corrected chi connectivity index (χ0v) is 55.5. The van der Waals surface area contributed by atoms with E-state index >= 15 is 0 Å². The smallest absolute Gasteiger partial charge is 0.305 e. The highest BCUT2D eigenvalue weighted by Gasteiger charge is 2.18. The van der Waals surface area contributed by atoms with Crippen molar-refractivity contribution in [3.8, 4) is 0 Å². The predicted octanol–water partition coefficient (Wildman–Crippen LogP) is 24.3. The maximum atomic E-state index is 12.4. The Labute approximate surface area is 513 Å². The highest BCUT2D eigenvalue weighted by molar-refractivity contribution is 5.76. The molecule has 0 aliphatic heterocycles. The lowest BCUT2D eigenvalue weighted by molar-refractivity contribution is -0.143. The van der Waals surface area contributed by atoms with Crippen LogP contribution in [0.2, 0.25) is 0 Å². The average molecular weight is 1150 g/mol. The van der Waals surface area contributed by atoms with E-state index in [1.54, 1.807) is 6.08 Å². The summed E-state index contributed by atoms with van der Waals surface area (Å²) in [5.74, 6) is -0.0428. The topological polar surface area (TPSA) is 95.9 Å². The van der Waals surface area contributed by atoms with Gasteiger partial charge in [-0.05, 0) is 64.2 Å². The number of unbranched alkanes of at least 4 members (excludes halogenated alkanes) is 55. The average Bonchev–Trinajstić information content (AvgIpc) is 3.49. The second kappa shape index (κ2) is 71.6. The molecule has 82 heavy (non-hydrogen) atoms. The summed E-state index contributed by atoms with van der Waals surface area (Å²) in [5.41, 5.74) is 0. The summed E-state index contributed by atoms with van der Waals surface area (Å²) in [4.78, 5) is 24.5. The molecule has 0 aliphatic rings. The third-order valence-corrected chi connectivity index (χ3v) is 17.4. The minimum Gasteiger partial charge on any atom is -0.466 e. The number of rotatable bonds is 70. The summed E-state index contributed by atoms with van der Waals surface area (Å²) in [6.45, 7) is 4.91. The van der Waals surface area contributed by atoms with Gasteiger partial charge in [0.05, 0.1) is 25.4 Å². The monoisotopic (exact) mass is 1150 g/mol. The molecule has 0 aromatic rings. The number of hydrogen-bond acceptors (Lipinski definition) is 5. The number of nitrogens with one attached hydrogen (secondary N) is 1. The fourth-order valence-corrected chi connectivity index (χ4v) is 11.7. The van der Waals surface area contributed by atoms with E-state index in [1.807, 2.05) is 6.08 Å². The van der Waals surface area contributed by atoms with Crippen molar-refractivity contribution in [1.29, 1.82) is 0 Å². The molecule has 0 aromatic carbocycles. The zero-order valence-electron chi connectivity index (χ0n) is 55.5. The van der Waals surface area contributed by atoms with Crippen LogP contribution in [-0.2, 0) is 14.3 Å². The SMILES string of the molecule is CCCCCCCCC/C=C/C(O)C(CO)NC(=O)CCCCCCCCCCCCCCCCCCC/C=C\C/C=C\CCCCCCCCCCCCCCCOC(=O)CCCCCCCCCCCCCCCCCCCCC. The van der Waals surface area contributed by atoms with E-state index in [-0.39, 0.29) is 18.5 Å². The van der Waals surface area contributed by atoms with E-state index in [4.69, 9.17) is 4.74 Å². The van der Waals surface area contributed by atoms with E-state index in [0.29, 0.717) is 19.4 Å². The molecule has 6 heteroatoms. The van der Waals surface area contributed by atoms with Crippen LogP contribution in [0.5, 0.6) is 0 Å². The molecule has 0 radical (unpaired) electrons. The number of esters is 1. The molecule has 2 unspecified atom stereocenters. The Balaban J connectivity index is 3.32. The fraction of sp³-hybridized carbons (Fsp3) is 0.895. The van der Waals surface area contributed by atoms with Gasteiger partial charge in [-0.2, -0.15) is 0 Å². The van der Waals surface area contributed by atoms with E-state index < -0.39 is 12.1 Å². The van der Waals surface area contributed by atoms with Crippen LogP contribution >= 0.6 is 0 Å². The summed E-state index contributed by atoms with van der Waals surface area (Å²) in [5, 5.41) is 23.0. The first kappa shape index (κ1) is 80.1. The van der Waals surface area contributed by atoms with Gasteiger partial charge in [-0.25, -0.2) is 0 Å². The van der Waals surface area contributed by atoms with Crippen molar-refractivity contribution in [2.45, 2.75) is 424 Å². The second-order valence-corrected chi connectivity index (χ2v) is 25.6. The standard InChI is InChI=1S/C76H145NO5/c1-3-5-7-9-11-13-14-15-16-17-37-41-44-47-50-54-58-62-66-70-76(81)82-71-67-63-59-55-51-48-45-42-39-36-34-32-30-28-26-24-22-20-18-19-21-23-25-27-29-31-33-35-38-40-43-46-49-53-57-61-65-69-75(80)77-73(72-78)74(79)68-64-60-56-52-12-10-8-6-4-2/h18,20,24,26,64,68,73-74,78-79H,3-17,19,21-23,25,27-63,65-67,69-72H2,1-2H3,(H,77,80)/b20-18-,26-24-,68-64+. The van der Waals surface area contributed by atoms with Gasteiger partial charge < -0.3 is 20.3 Å². The van der Waals surface area contributed by atoms with E-state index in [2.05, 4.69) is 43.5 Å². The highest BCUT2D eigenvalue weighted by Crippen LogP contribution is 2.19. The van der Waals surface area contributed by atoms with Gasteiger partial charge in [-0.3, -0.25) is 9.59 Å². The minimum absolute atomic E-state index is 0.0238. The maximum Gasteiger partial charge on any atom is 0.305 e. The lowest BCUT2D eigenvalue weighted by Crippen LogP contribution is -2.45. The van der Waals surface area contributed by atoms with Crippen LogP contribution in [0.1, 0.15) is 412 Å². The molecule has 0 saturated carbocycles. The zero-order chi connectivity index (χ0) is 59.2. The highest BCUT2D eigenvalue weighted by atomic mass is 16.5. The lowest BCUT2D eigenvalue weighted by Gasteiger charge is -2.20. The van der Waals surface area contributed by atoms with E-state index in [9.17, 15) is 19.8 Å². The Morgan fingerprint density at radius 3 is 0.927 bits per heavy atom. The molecule has 0 fully saturated rings. The van der Waals surface area contributed by atoms with Gasteiger partial charge in [-0.15, -0.1) is 0 Å². The molecule has 0 spiro atoms. The molecular formula is C76H145NO5. The number of amides is 1. The minimum atomic E-state index is -0.840. The van der Waals surface area contributed by atoms with Crippen molar-refractivity contribution in [2.75, 3.05) is 13.2 Å². The normalized spacial score (nSPS) is 12.7.